The number of allylic oxidation sites excluding steroid dienone is 6. The average Bonchev–Trinajstić information content (AvgIpc) is 3.45. The van der Waals surface area contributed by atoms with Crippen LogP contribution in [0.1, 0.15) is 393 Å². The Hall–Kier alpha value is -2.37. The summed E-state index contributed by atoms with van der Waals surface area (Å²) in [7, 11) is 0. The second kappa shape index (κ2) is 68.1. The van der Waals surface area contributed by atoms with Crippen molar-refractivity contribution in [2.45, 2.75) is 399 Å². The van der Waals surface area contributed by atoms with E-state index >= 15 is 0 Å². The molecule has 0 spiro atoms. The molecule has 0 saturated carbocycles. The molecule has 6 heteroatoms. The summed E-state index contributed by atoms with van der Waals surface area (Å²) in [6.45, 7) is 6.65. The monoisotopic (exact) mass is 1110 g/mol. The van der Waals surface area contributed by atoms with Crippen LogP contribution in [-0.2, 0) is 28.6 Å². The summed E-state index contributed by atoms with van der Waals surface area (Å²) in [6, 6.07) is 0. The minimum Gasteiger partial charge on any atom is -0.462 e. The van der Waals surface area contributed by atoms with Gasteiger partial charge in [-0.15, -0.1) is 0 Å². The normalized spacial score (nSPS) is 12.2. The number of rotatable bonds is 66. The van der Waals surface area contributed by atoms with Crippen LogP contribution in [0.25, 0.3) is 0 Å². The molecule has 0 aliphatic heterocycles. The standard InChI is InChI=1S/C73H136O6/c1-4-7-10-13-16-18-20-22-24-26-28-30-32-34-36-38-40-42-44-46-48-50-52-54-57-60-63-66-72(75)78-69-70(68-77-71(74)65-62-59-56-15-12-9-6-3)79-73(76)67-64-61-58-55-53-51-49-47-45-43-41-39-37-35-33-31-29-27-25-23-21-19-17-14-11-8-5-2/h20,22,26-29,70H,4-19,21,23-25,30-69H2,1-3H3/b22-20-,28-26-,29-27-. The lowest BCUT2D eigenvalue weighted by molar-refractivity contribution is -0.167. The summed E-state index contributed by atoms with van der Waals surface area (Å²) in [4.78, 5) is 38.2. The van der Waals surface area contributed by atoms with Crippen LogP contribution >= 0.6 is 0 Å². The van der Waals surface area contributed by atoms with Gasteiger partial charge >= 0.3 is 17.9 Å². The van der Waals surface area contributed by atoms with E-state index in [1.54, 1.807) is 0 Å². The number of ether oxygens (including phenoxy) is 3. The lowest BCUT2D eigenvalue weighted by atomic mass is 10.0. The Kier molecular flexibility index (Phi) is 66.1. The maximum absolute atomic E-state index is 12.9. The largest absolute Gasteiger partial charge is 0.462 e. The Morgan fingerprint density at radius 1 is 0.253 bits per heavy atom. The van der Waals surface area contributed by atoms with Gasteiger partial charge < -0.3 is 14.2 Å². The van der Waals surface area contributed by atoms with Crippen LogP contribution in [-0.4, -0.2) is 37.2 Å². The minimum absolute atomic E-state index is 0.0670. The van der Waals surface area contributed by atoms with Gasteiger partial charge in [-0.1, -0.05) is 333 Å². The van der Waals surface area contributed by atoms with E-state index < -0.39 is 6.10 Å². The van der Waals surface area contributed by atoms with Gasteiger partial charge in [-0.05, 0) is 77.0 Å². The molecule has 0 aromatic carbocycles. The molecule has 0 fully saturated rings. The molecule has 0 aliphatic rings. The predicted octanol–water partition coefficient (Wildman–Crippen LogP) is 24.3. The summed E-state index contributed by atoms with van der Waals surface area (Å²) in [5, 5.41) is 0. The Bertz CT molecular complexity index is 1320. The van der Waals surface area contributed by atoms with Gasteiger partial charge in [0.25, 0.3) is 0 Å². The van der Waals surface area contributed by atoms with Gasteiger partial charge in [0, 0.05) is 19.3 Å². The zero-order valence-electron chi connectivity index (χ0n) is 53.4. The van der Waals surface area contributed by atoms with E-state index in [1.165, 1.54) is 289 Å². The topological polar surface area (TPSA) is 78.9 Å². The van der Waals surface area contributed by atoms with Gasteiger partial charge in [-0.3, -0.25) is 14.4 Å². The van der Waals surface area contributed by atoms with Crippen molar-refractivity contribution in [1.82, 2.24) is 0 Å². The number of hydrogen-bond donors (Lipinski definition) is 0. The van der Waals surface area contributed by atoms with Crippen molar-refractivity contribution >= 4 is 17.9 Å². The summed E-state index contributed by atoms with van der Waals surface area (Å²) >= 11 is 0. The second-order valence-corrected chi connectivity index (χ2v) is 24.1. The zero-order valence-corrected chi connectivity index (χ0v) is 53.4. The Balaban J connectivity index is 4.03. The molecule has 0 radical (unpaired) electrons. The molecule has 1 atom stereocenters. The molecule has 0 aromatic rings. The van der Waals surface area contributed by atoms with Crippen LogP contribution in [0.2, 0.25) is 0 Å². The van der Waals surface area contributed by atoms with Crippen LogP contribution in [0.4, 0.5) is 0 Å². The SMILES string of the molecule is CCCCCCC/C=C\C/C=C\CCCCCCCCCCCCCCCCCC(=O)OCC(COC(=O)CCCCCCCCC)OC(=O)CCCCCCCCCCCCCCCCC/C=C\CCCCCCCCCC. The van der Waals surface area contributed by atoms with E-state index in [2.05, 4.69) is 57.2 Å². The summed E-state index contributed by atoms with van der Waals surface area (Å²) in [6.07, 6.45) is 84.9. The molecule has 1 unspecified atom stereocenters. The number of hydrogen-bond acceptors (Lipinski definition) is 6. The number of esters is 3. The number of carbonyl (C=O) groups excluding carboxylic acids is 3. The maximum atomic E-state index is 12.9. The minimum atomic E-state index is -0.768. The third-order valence-corrected chi connectivity index (χ3v) is 16.1. The smallest absolute Gasteiger partial charge is 0.306 e. The van der Waals surface area contributed by atoms with Crippen LogP contribution in [0, 0.1) is 0 Å². The van der Waals surface area contributed by atoms with E-state index in [9.17, 15) is 14.4 Å². The molecular weight excluding hydrogens is 973 g/mol. The van der Waals surface area contributed by atoms with Crippen molar-refractivity contribution in [1.29, 1.82) is 0 Å². The first-order valence-corrected chi connectivity index (χ1v) is 35.5. The molecule has 0 saturated heterocycles. The molecule has 464 valence electrons. The van der Waals surface area contributed by atoms with Gasteiger partial charge in [0.1, 0.15) is 13.2 Å². The van der Waals surface area contributed by atoms with Crippen molar-refractivity contribution < 1.29 is 28.6 Å². The predicted molar refractivity (Wildman–Crippen MR) is 344 cm³/mol. The van der Waals surface area contributed by atoms with E-state index in [-0.39, 0.29) is 31.1 Å². The third kappa shape index (κ3) is 66.3. The number of carbonyl (C=O) groups is 3. The summed E-state index contributed by atoms with van der Waals surface area (Å²) < 4.78 is 16.9. The highest BCUT2D eigenvalue weighted by atomic mass is 16.6. The highest BCUT2D eigenvalue weighted by Crippen LogP contribution is 2.18. The quantitative estimate of drug-likeness (QED) is 0.0261. The third-order valence-electron chi connectivity index (χ3n) is 16.1. The van der Waals surface area contributed by atoms with Crippen LogP contribution in [0.5, 0.6) is 0 Å². The molecule has 79 heavy (non-hydrogen) atoms. The Morgan fingerprint density at radius 3 is 0.709 bits per heavy atom. The highest BCUT2D eigenvalue weighted by molar-refractivity contribution is 5.71. The van der Waals surface area contributed by atoms with Crippen molar-refractivity contribution in [3.8, 4) is 0 Å². The first kappa shape index (κ1) is 76.6. The molecule has 0 amide bonds. The molecule has 0 heterocycles. The van der Waals surface area contributed by atoms with Gasteiger partial charge in [-0.2, -0.15) is 0 Å². The molecule has 0 rings (SSSR count). The van der Waals surface area contributed by atoms with Gasteiger partial charge in [0.05, 0.1) is 0 Å². The van der Waals surface area contributed by atoms with Crippen LogP contribution in [0.15, 0.2) is 36.5 Å². The summed E-state index contributed by atoms with van der Waals surface area (Å²) in [5.41, 5.74) is 0. The van der Waals surface area contributed by atoms with Crippen molar-refractivity contribution in [3.63, 3.8) is 0 Å². The van der Waals surface area contributed by atoms with Crippen molar-refractivity contribution in [2.24, 2.45) is 0 Å². The first-order chi connectivity index (χ1) is 39.0. The van der Waals surface area contributed by atoms with Crippen molar-refractivity contribution in [2.75, 3.05) is 13.2 Å². The van der Waals surface area contributed by atoms with Gasteiger partial charge in [-0.25, -0.2) is 0 Å². The highest BCUT2D eigenvalue weighted by Gasteiger charge is 2.19. The van der Waals surface area contributed by atoms with Gasteiger partial charge in [0.15, 0.2) is 6.10 Å². The van der Waals surface area contributed by atoms with Crippen LogP contribution in [0.3, 0.4) is 0 Å². The molecule has 0 bridgehead atoms. The van der Waals surface area contributed by atoms with E-state index in [4.69, 9.17) is 14.2 Å². The lowest BCUT2D eigenvalue weighted by Crippen LogP contribution is -2.30. The fraction of sp³-hybridized carbons (Fsp3) is 0.877. The maximum Gasteiger partial charge on any atom is 0.306 e. The van der Waals surface area contributed by atoms with Crippen LogP contribution < -0.4 is 0 Å². The summed E-state index contributed by atoms with van der Waals surface area (Å²) in [5.74, 6) is -0.848. The molecule has 0 aromatic heterocycles. The fourth-order valence-corrected chi connectivity index (χ4v) is 10.8. The van der Waals surface area contributed by atoms with E-state index in [0.717, 1.165) is 64.2 Å². The fourth-order valence-electron chi connectivity index (χ4n) is 10.8. The lowest BCUT2D eigenvalue weighted by Gasteiger charge is -2.18. The van der Waals surface area contributed by atoms with Gasteiger partial charge in [0.2, 0.25) is 0 Å². The molecular formula is C73H136O6. The molecule has 6 nitrogen and oxygen atoms in total. The van der Waals surface area contributed by atoms with E-state index in [0.29, 0.717) is 19.3 Å². The zero-order chi connectivity index (χ0) is 57.1. The van der Waals surface area contributed by atoms with Crippen molar-refractivity contribution in [3.05, 3.63) is 36.5 Å². The Morgan fingerprint density at radius 2 is 0.456 bits per heavy atom. The number of unbranched alkanes of at least 4 members (excludes halogenated alkanes) is 49. The van der Waals surface area contributed by atoms with E-state index in [1.807, 2.05) is 0 Å². The Labute approximate surface area is 493 Å². The second-order valence-electron chi connectivity index (χ2n) is 24.1. The molecule has 0 N–H and O–H groups in total. The molecule has 0 aliphatic carbocycles. The first-order valence-electron chi connectivity index (χ1n) is 35.5. The average molecular weight is 1110 g/mol.